The van der Waals surface area contributed by atoms with Crippen LogP contribution in [0.2, 0.25) is 0 Å². The summed E-state index contributed by atoms with van der Waals surface area (Å²) in [7, 11) is -4.33. The van der Waals surface area contributed by atoms with Crippen LogP contribution in [0.25, 0.3) is 22.3 Å². The average molecular weight is 468 g/mol. The van der Waals surface area contributed by atoms with E-state index in [0.717, 1.165) is 24.0 Å². The molecule has 4 aromatic rings. The molecule has 32 heavy (non-hydrogen) atoms. The molecule has 0 atom stereocenters. The van der Waals surface area contributed by atoms with Crippen LogP contribution in [-0.2, 0) is 16.2 Å². The minimum atomic E-state index is -5.05. The number of hydrogen-bond acceptors (Lipinski definition) is 5. The Balaban J connectivity index is 2.07. The molecule has 3 aromatic heterocycles. The molecule has 0 amide bonds. The van der Waals surface area contributed by atoms with Crippen molar-refractivity contribution in [1.82, 2.24) is 13.9 Å². The molecule has 3 heterocycles. The normalized spacial score (nSPS) is 12.4. The van der Waals surface area contributed by atoms with Gasteiger partial charge in [0.1, 0.15) is 5.82 Å². The number of aromatic nitrogens is 3. The van der Waals surface area contributed by atoms with Crippen LogP contribution in [0.1, 0.15) is 11.1 Å². The summed E-state index contributed by atoms with van der Waals surface area (Å²) in [5.74, 6) is -3.16. The highest BCUT2D eigenvalue weighted by molar-refractivity contribution is 7.90. The lowest BCUT2D eigenvalue weighted by Gasteiger charge is -2.12. The molecule has 0 aliphatic carbocycles. The topological polar surface area (TPSA) is 90.9 Å². The standard InChI is InChI=1S/C20H13F5N4O2S/c1-10-2-4-12(5-3-10)32(30,31)29-9-14(13-6-11(21)8-27-19(13)29)17-15(20(23,24)25)7-16(22)18(26)28-17/h2-9H,1H3,(H2,26,28). The lowest BCUT2D eigenvalue weighted by atomic mass is 10.1. The second-order valence-electron chi connectivity index (χ2n) is 6.93. The smallest absolute Gasteiger partial charge is 0.381 e. The molecule has 12 heteroatoms. The summed E-state index contributed by atoms with van der Waals surface area (Å²) in [6, 6.07) is 6.68. The number of nitrogens with zero attached hydrogens (tertiary/aromatic N) is 3. The molecular weight excluding hydrogens is 455 g/mol. The number of aryl methyl sites for hydroxylation is 1. The highest BCUT2D eigenvalue weighted by atomic mass is 32.2. The van der Waals surface area contributed by atoms with Crippen LogP contribution in [0.5, 0.6) is 0 Å². The number of rotatable bonds is 3. The number of anilines is 1. The molecule has 2 N–H and O–H groups in total. The van der Waals surface area contributed by atoms with Gasteiger partial charge in [-0.1, -0.05) is 17.7 Å². The first-order valence-corrected chi connectivity index (χ1v) is 10.4. The summed E-state index contributed by atoms with van der Waals surface area (Å²) in [4.78, 5) is 7.09. The van der Waals surface area contributed by atoms with E-state index in [4.69, 9.17) is 5.73 Å². The van der Waals surface area contributed by atoms with E-state index in [1.54, 1.807) is 6.92 Å². The van der Waals surface area contributed by atoms with Gasteiger partial charge in [-0.2, -0.15) is 13.2 Å². The van der Waals surface area contributed by atoms with Gasteiger partial charge in [0.15, 0.2) is 17.3 Å². The number of fused-ring (bicyclic) bond motifs is 1. The van der Waals surface area contributed by atoms with Gasteiger partial charge in [-0.15, -0.1) is 0 Å². The summed E-state index contributed by atoms with van der Waals surface area (Å²) in [5.41, 5.74) is 3.04. The zero-order valence-corrected chi connectivity index (χ0v) is 17.0. The van der Waals surface area contributed by atoms with Crippen molar-refractivity contribution in [2.24, 2.45) is 0 Å². The van der Waals surface area contributed by atoms with Crippen LogP contribution < -0.4 is 5.73 Å². The van der Waals surface area contributed by atoms with E-state index in [0.29, 0.717) is 3.97 Å². The Hall–Kier alpha value is -3.54. The number of halogens is 5. The molecule has 0 radical (unpaired) electrons. The Morgan fingerprint density at radius 2 is 1.72 bits per heavy atom. The van der Waals surface area contributed by atoms with Gasteiger partial charge in [0, 0.05) is 17.1 Å². The van der Waals surface area contributed by atoms with E-state index < -0.39 is 50.5 Å². The van der Waals surface area contributed by atoms with E-state index in [1.165, 1.54) is 24.3 Å². The predicted octanol–water partition coefficient (Wildman–Crippen LogP) is 4.52. The number of pyridine rings is 2. The maximum Gasteiger partial charge on any atom is 0.418 e. The second-order valence-corrected chi connectivity index (χ2v) is 8.75. The number of benzene rings is 1. The fraction of sp³-hybridized carbons (Fsp3) is 0.100. The SMILES string of the molecule is Cc1ccc(S(=O)(=O)n2cc(-c3nc(N)c(F)cc3C(F)(F)F)c3cc(F)cnc32)cc1. The van der Waals surface area contributed by atoms with Crippen LogP contribution >= 0.6 is 0 Å². The van der Waals surface area contributed by atoms with Crippen LogP contribution in [0.4, 0.5) is 27.8 Å². The second kappa shape index (κ2) is 7.26. The highest BCUT2D eigenvalue weighted by Gasteiger charge is 2.37. The lowest BCUT2D eigenvalue weighted by molar-refractivity contribution is -0.137. The van der Waals surface area contributed by atoms with Gasteiger partial charge >= 0.3 is 6.18 Å². The molecule has 0 bridgehead atoms. The molecule has 0 aliphatic rings. The van der Waals surface area contributed by atoms with Gasteiger partial charge in [0.25, 0.3) is 10.0 Å². The molecule has 0 fully saturated rings. The average Bonchev–Trinajstić information content (AvgIpc) is 3.08. The van der Waals surface area contributed by atoms with Crippen molar-refractivity contribution < 1.29 is 30.4 Å². The van der Waals surface area contributed by atoms with Crippen molar-refractivity contribution in [3.05, 3.63) is 71.6 Å². The molecule has 4 rings (SSSR count). The Morgan fingerprint density at radius 3 is 2.34 bits per heavy atom. The highest BCUT2D eigenvalue weighted by Crippen LogP contribution is 2.40. The molecule has 0 aliphatic heterocycles. The van der Waals surface area contributed by atoms with Crippen LogP contribution in [0, 0.1) is 18.6 Å². The van der Waals surface area contributed by atoms with Gasteiger partial charge in [0.2, 0.25) is 0 Å². The Morgan fingerprint density at radius 1 is 1.06 bits per heavy atom. The zero-order valence-electron chi connectivity index (χ0n) is 16.2. The van der Waals surface area contributed by atoms with Crippen molar-refractivity contribution in [3.8, 4) is 11.3 Å². The molecule has 0 unspecified atom stereocenters. The van der Waals surface area contributed by atoms with E-state index in [2.05, 4.69) is 9.97 Å². The van der Waals surface area contributed by atoms with Crippen molar-refractivity contribution >= 4 is 26.9 Å². The van der Waals surface area contributed by atoms with Gasteiger partial charge in [-0.3, -0.25) is 0 Å². The largest absolute Gasteiger partial charge is 0.418 e. The minimum absolute atomic E-state index is 0.155. The maximum absolute atomic E-state index is 13.9. The number of nitrogens with two attached hydrogens (primary N) is 1. The molecule has 1 aromatic carbocycles. The lowest BCUT2D eigenvalue weighted by Crippen LogP contribution is -2.13. The van der Waals surface area contributed by atoms with Crippen LogP contribution in [0.15, 0.2) is 53.7 Å². The van der Waals surface area contributed by atoms with Crippen molar-refractivity contribution in [2.75, 3.05) is 5.73 Å². The van der Waals surface area contributed by atoms with E-state index in [9.17, 15) is 30.4 Å². The summed E-state index contributed by atoms with van der Waals surface area (Å²) >= 11 is 0. The number of hydrogen-bond donors (Lipinski definition) is 1. The summed E-state index contributed by atoms with van der Waals surface area (Å²) in [6.45, 7) is 1.74. The number of alkyl halides is 3. The van der Waals surface area contributed by atoms with Gasteiger partial charge in [-0.25, -0.2) is 31.1 Å². The van der Waals surface area contributed by atoms with Crippen LogP contribution in [-0.4, -0.2) is 22.4 Å². The molecule has 0 saturated heterocycles. The summed E-state index contributed by atoms with van der Waals surface area (Å²) < 4.78 is 95.5. The van der Waals surface area contributed by atoms with Crippen molar-refractivity contribution in [3.63, 3.8) is 0 Å². The molecule has 0 spiro atoms. The first kappa shape index (κ1) is 21.7. The van der Waals surface area contributed by atoms with Crippen molar-refractivity contribution in [2.45, 2.75) is 18.0 Å². The monoisotopic (exact) mass is 468 g/mol. The van der Waals surface area contributed by atoms with E-state index in [-0.39, 0.29) is 22.0 Å². The first-order valence-electron chi connectivity index (χ1n) is 8.92. The van der Waals surface area contributed by atoms with Crippen LogP contribution in [0.3, 0.4) is 0 Å². The van der Waals surface area contributed by atoms with Gasteiger partial charge < -0.3 is 5.73 Å². The third kappa shape index (κ3) is 3.55. The van der Waals surface area contributed by atoms with Gasteiger partial charge in [0.05, 0.1) is 22.3 Å². The maximum atomic E-state index is 13.9. The molecule has 6 nitrogen and oxygen atoms in total. The zero-order chi connectivity index (χ0) is 23.4. The van der Waals surface area contributed by atoms with Crippen molar-refractivity contribution in [1.29, 1.82) is 0 Å². The molecule has 0 saturated carbocycles. The summed E-state index contributed by atoms with van der Waals surface area (Å²) in [6.07, 6.45) is -3.49. The summed E-state index contributed by atoms with van der Waals surface area (Å²) in [5, 5.41) is -0.273. The Labute approximate surface area is 178 Å². The molecule has 166 valence electrons. The first-order chi connectivity index (χ1) is 14.9. The Kier molecular flexibility index (Phi) is 4.92. The minimum Gasteiger partial charge on any atom is -0.381 e. The third-order valence-electron chi connectivity index (χ3n) is 4.72. The van der Waals surface area contributed by atoms with Gasteiger partial charge in [-0.05, 0) is 31.2 Å². The molecular formula is C20H13F5N4O2S. The quantitative estimate of drug-likeness (QED) is 0.447. The third-order valence-corrected chi connectivity index (χ3v) is 6.38. The van der Waals surface area contributed by atoms with E-state index >= 15 is 0 Å². The fourth-order valence-corrected chi connectivity index (χ4v) is 4.50. The predicted molar refractivity (Wildman–Crippen MR) is 106 cm³/mol. The van der Waals surface area contributed by atoms with E-state index in [1.807, 2.05) is 0 Å². The Bertz CT molecular complexity index is 1460. The number of nitrogen functional groups attached to an aromatic ring is 1. The fourth-order valence-electron chi connectivity index (χ4n) is 3.17.